The van der Waals surface area contributed by atoms with E-state index < -0.39 is 0 Å². The number of ether oxygens (including phenoxy) is 1. The number of nitrogens with zero attached hydrogens (tertiary/aromatic N) is 2. The molecule has 0 saturated carbocycles. The second-order valence-corrected chi connectivity index (χ2v) is 8.16. The van der Waals surface area contributed by atoms with Gasteiger partial charge in [0.05, 0.1) is 6.54 Å². The highest BCUT2D eigenvalue weighted by molar-refractivity contribution is 14.0. The fourth-order valence-corrected chi connectivity index (χ4v) is 4.09. The van der Waals surface area contributed by atoms with Crippen LogP contribution >= 0.6 is 35.7 Å². The number of guanidine groups is 1. The molecular formula is C21H37IN4OS. The van der Waals surface area contributed by atoms with Crippen LogP contribution in [0.1, 0.15) is 33.1 Å². The minimum atomic E-state index is 0. The van der Waals surface area contributed by atoms with E-state index in [1.54, 1.807) is 0 Å². The summed E-state index contributed by atoms with van der Waals surface area (Å²) in [6.07, 6.45) is 5.44. The highest BCUT2D eigenvalue weighted by Gasteiger charge is 2.31. The first-order valence-corrected chi connectivity index (χ1v) is 11.4. The number of anilines is 1. The molecule has 2 rings (SSSR count). The van der Waals surface area contributed by atoms with Crippen LogP contribution in [-0.2, 0) is 4.74 Å². The lowest BCUT2D eigenvalue weighted by Gasteiger charge is -2.34. The Hall–Kier alpha value is -0.670. The number of nitrogens with one attached hydrogen (secondary N) is 2. The van der Waals surface area contributed by atoms with Gasteiger partial charge in [0.15, 0.2) is 5.96 Å². The van der Waals surface area contributed by atoms with Gasteiger partial charge in [-0.1, -0.05) is 18.2 Å². The van der Waals surface area contributed by atoms with Crippen LogP contribution in [0.2, 0.25) is 0 Å². The van der Waals surface area contributed by atoms with Crippen molar-refractivity contribution in [2.45, 2.75) is 37.9 Å². The molecule has 0 bridgehead atoms. The van der Waals surface area contributed by atoms with E-state index in [1.807, 2.05) is 11.8 Å². The summed E-state index contributed by atoms with van der Waals surface area (Å²) in [6, 6.07) is 10.6. The molecule has 0 spiro atoms. The summed E-state index contributed by atoms with van der Waals surface area (Å²) in [5.41, 5.74) is 1.29. The van der Waals surface area contributed by atoms with Crippen LogP contribution in [0.4, 0.5) is 5.69 Å². The van der Waals surface area contributed by atoms with Crippen molar-refractivity contribution in [2.24, 2.45) is 4.99 Å². The maximum atomic E-state index is 5.53. The summed E-state index contributed by atoms with van der Waals surface area (Å²) in [5, 5.41) is 6.89. The molecule has 0 amide bonds. The number of rotatable bonds is 10. The van der Waals surface area contributed by atoms with Crippen LogP contribution < -0.4 is 15.5 Å². The minimum absolute atomic E-state index is 0. The van der Waals surface area contributed by atoms with E-state index in [1.165, 1.54) is 5.69 Å². The zero-order valence-electron chi connectivity index (χ0n) is 17.6. The summed E-state index contributed by atoms with van der Waals surface area (Å²) < 4.78 is 5.76. The van der Waals surface area contributed by atoms with E-state index in [-0.39, 0.29) is 28.7 Å². The number of para-hydroxylation sites is 1. The van der Waals surface area contributed by atoms with Gasteiger partial charge in [-0.15, -0.1) is 24.0 Å². The van der Waals surface area contributed by atoms with Crippen LogP contribution in [0.3, 0.4) is 0 Å². The minimum Gasteiger partial charge on any atom is -0.381 e. The maximum Gasteiger partial charge on any atom is 0.191 e. The van der Waals surface area contributed by atoms with Crippen molar-refractivity contribution in [1.29, 1.82) is 0 Å². The lowest BCUT2D eigenvalue weighted by molar-refractivity contribution is 0.0794. The topological polar surface area (TPSA) is 48.9 Å². The Balaban J connectivity index is 0.00000392. The second kappa shape index (κ2) is 14.3. The van der Waals surface area contributed by atoms with Gasteiger partial charge in [-0.25, -0.2) is 0 Å². The first kappa shape index (κ1) is 25.4. The summed E-state index contributed by atoms with van der Waals surface area (Å²) in [4.78, 5) is 7.29. The molecule has 1 saturated heterocycles. The van der Waals surface area contributed by atoms with Crippen LogP contribution in [0.5, 0.6) is 0 Å². The van der Waals surface area contributed by atoms with Crippen molar-refractivity contribution >= 4 is 47.4 Å². The van der Waals surface area contributed by atoms with Gasteiger partial charge in [-0.3, -0.25) is 4.99 Å². The first-order valence-electron chi connectivity index (χ1n) is 10.2. The van der Waals surface area contributed by atoms with Gasteiger partial charge in [0.2, 0.25) is 0 Å². The summed E-state index contributed by atoms with van der Waals surface area (Å²) in [6.45, 7) is 10.7. The molecule has 0 atom stereocenters. The zero-order chi connectivity index (χ0) is 19.4. The molecule has 160 valence electrons. The number of hydrogen-bond donors (Lipinski definition) is 2. The quantitative estimate of drug-likeness (QED) is 0.212. The maximum absolute atomic E-state index is 5.53. The predicted octanol–water partition coefficient (Wildman–Crippen LogP) is 3.99. The smallest absolute Gasteiger partial charge is 0.191 e. The van der Waals surface area contributed by atoms with Gasteiger partial charge >= 0.3 is 0 Å². The van der Waals surface area contributed by atoms with Crippen molar-refractivity contribution in [3.8, 4) is 0 Å². The van der Waals surface area contributed by atoms with Crippen molar-refractivity contribution in [3.63, 3.8) is 0 Å². The number of halogens is 1. The molecule has 0 aromatic heterocycles. The fourth-order valence-electron chi connectivity index (χ4n) is 3.32. The van der Waals surface area contributed by atoms with Crippen molar-refractivity contribution in [2.75, 3.05) is 57.1 Å². The van der Waals surface area contributed by atoms with Gasteiger partial charge in [0.1, 0.15) is 0 Å². The average molecular weight is 521 g/mol. The highest BCUT2D eigenvalue weighted by Crippen LogP contribution is 2.33. The van der Waals surface area contributed by atoms with Gasteiger partial charge < -0.3 is 20.3 Å². The molecule has 0 radical (unpaired) electrons. The standard InChI is InChI=1S/C21H36N4OS.HI/c1-4-22-20(24-18-21(27-3)12-16-26-17-13-21)23-14-9-15-25(5-2)19-10-7-6-8-11-19;/h6-8,10-11H,4-5,9,12-18H2,1-3H3,(H2,22,23,24);1H. The lowest BCUT2D eigenvalue weighted by Crippen LogP contribution is -2.41. The van der Waals surface area contributed by atoms with Crippen LogP contribution in [0, 0.1) is 0 Å². The summed E-state index contributed by atoms with van der Waals surface area (Å²) in [7, 11) is 0. The monoisotopic (exact) mass is 520 g/mol. The molecule has 5 nitrogen and oxygen atoms in total. The first-order chi connectivity index (χ1) is 13.2. The van der Waals surface area contributed by atoms with Gasteiger partial charge in [0, 0.05) is 49.8 Å². The third-order valence-corrected chi connectivity index (χ3v) is 6.51. The Morgan fingerprint density at radius 3 is 2.50 bits per heavy atom. The molecule has 1 aliphatic heterocycles. The zero-order valence-corrected chi connectivity index (χ0v) is 20.7. The van der Waals surface area contributed by atoms with E-state index in [4.69, 9.17) is 9.73 Å². The molecule has 0 aliphatic carbocycles. The van der Waals surface area contributed by atoms with Crippen molar-refractivity contribution in [3.05, 3.63) is 30.3 Å². The average Bonchev–Trinajstić information content (AvgIpc) is 2.73. The van der Waals surface area contributed by atoms with E-state index in [9.17, 15) is 0 Å². The van der Waals surface area contributed by atoms with Crippen molar-refractivity contribution < 1.29 is 4.74 Å². The summed E-state index contributed by atoms with van der Waals surface area (Å²) >= 11 is 1.94. The molecule has 1 aliphatic rings. The van der Waals surface area contributed by atoms with Crippen LogP contribution in [0.25, 0.3) is 0 Å². The Morgan fingerprint density at radius 1 is 1.18 bits per heavy atom. The van der Waals surface area contributed by atoms with E-state index in [2.05, 4.69) is 66.0 Å². The molecule has 1 fully saturated rings. The molecule has 1 aromatic carbocycles. The highest BCUT2D eigenvalue weighted by atomic mass is 127. The van der Waals surface area contributed by atoms with E-state index >= 15 is 0 Å². The Labute approximate surface area is 192 Å². The van der Waals surface area contributed by atoms with Crippen molar-refractivity contribution in [1.82, 2.24) is 10.6 Å². The van der Waals surface area contributed by atoms with Crippen LogP contribution in [-0.4, -0.2) is 62.9 Å². The third kappa shape index (κ3) is 8.37. The molecule has 1 aromatic rings. The third-order valence-electron chi connectivity index (χ3n) is 5.11. The largest absolute Gasteiger partial charge is 0.381 e. The molecule has 28 heavy (non-hydrogen) atoms. The Bertz CT molecular complexity index is 553. The normalized spacial score (nSPS) is 16.2. The fraction of sp³-hybridized carbons (Fsp3) is 0.667. The predicted molar refractivity (Wildman–Crippen MR) is 135 cm³/mol. The van der Waals surface area contributed by atoms with E-state index in [0.29, 0.717) is 0 Å². The number of benzene rings is 1. The molecule has 0 unspecified atom stereocenters. The molecule has 1 heterocycles. The Morgan fingerprint density at radius 2 is 1.89 bits per heavy atom. The lowest BCUT2D eigenvalue weighted by atomic mass is 9.99. The number of aliphatic imine (C=N–C) groups is 1. The van der Waals surface area contributed by atoms with Gasteiger partial charge in [0.25, 0.3) is 0 Å². The molecule has 7 heteroatoms. The van der Waals surface area contributed by atoms with Gasteiger partial charge in [-0.05, 0) is 51.5 Å². The second-order valence-electron chi connectivity index (χ2n) is 6.89. The number of hydrogen-bond acceptors (Lipinski definition) is 4. The van der Waals surface area contributed by atoms with Crippen LogP contribution in [0.15, 0.2) is 35.3 Å². The molecular weight excluding hydrogens is 483 g/mol. The molecule has 2 N–H and O–H groups in total. The van der Waals surface area contributed by atoms with Gasteiger partial charge in [-0.2, -0.15) is 11.8 Å². The SMILES string of the molecule is CCNC(=NCC1(SC)CCOCC1)NCCCN(CC)c1ccccc1.I. The summed E-state index contributed by atoms with van der Waals surface area (Å²) in [5.74, 6) is 0.931. The van der Waals surface area contributed by atoms with E-state index in [0.717, 1.165) is 71.2 Å². The number of thioether (sulfide) groups is 1. The Kier molecular flexibility index (Phi) is 13.0.